The van der Waals surface area contributed by atoms with E-state index in [2.05, 4.69) is 9.97 Å². The van der Waals surface area contributed by atoms with Crippen LogP contribution in [0.25, 0.3) is 11.0 Å². The molecule has 1 aliphatic heterocycles. The lowest BCUT2D eigenvalue weighted by atomic mass is 10.2. The number of aromatic nitrogens is 2. The fourth-order valence-corrected chi connectivity index (χ4v) is 3.61. The first-order valence-electron chi connectivity index (χ1n) is 5.93. The zero-order valence-electron chi connectivity index (χ0n) is 9.80. The van der Waals surface area contributed by atoms with Crippen LogP contribution in [0, 0.1) is 0 Å². The molecule has 0 spiro atoms. The lowest BCUT2D eigenvalue weighted by Gasteiger charge is -2.22. The average Bonchev–Trinajstić information content (AvgIpc) is 2.79. The number of sulfone groups is 1. The maximum Gasteiger partial charge on any atom is 0.150 e. The Labute approximate surface area is 105 Å². The SMILES string of the molecule is O=S1(=O)CCC(Oc2cnc3[nH]ccc3c2)CC1. The van der Waals surface area contributed by atoms with Crippen molar-refractivity contribution < 1.29 is 13.2 Å². The van der Waals surface area contributed by atoms with Gasteiger partial charge in [-0.2, -0.15) is 0 Å². The van der Waals surface area contributed by atoms with Crippen molar-refractivity contribution in [3.05, 3.63) is 24.5 Å². The molecule has 1 saturated heterocycles. The highest BCUT2D eigenvalue weighted by Crippen LogP contribution is 2.22. The molecule has 0 unspecified atom stereocenters. The molecule has 0 saturated carbocycles. The topological polar surface area (TPSA) is 72.1 Å². The van der Waals surface area contributed by atoms with E-state index < -0.39 is 9.84 Å². The second-order valence-corrected chi connectivity index (χ2v) is 6.86. The van der Waals surface area contributed by atoms with Gasteiger partial charge in [0.15, 0.2) is 9.84 Å². The highest BCUT2D eigenvalue weighted by molar-refractivity contribution is 7.91. The molecule has 3 rings (SSSR count). The second kappa shape index (κ2) is 4.28. The summed E-state index contributed by atoms with van der Waals surface area (Å²) in [6, 6.07) is 3.85. The number of fused-ring (bicyclic) bond motifs is 1. The molecular formula is C12H14N2O3S. The molecule has 3 heterocycles. The molecule has 2 aromatic rings. The van der Waals surface area contributed by atoms with E-state index >= 15 is 0 Å². The van der Waals surface area contributed by atoms with Crippen LogP contribution in [0.2, 0.25) is 0 Å². The van der Waals surface area contributed by atoms with Crippen LogP contribution in [0.1, 0.15) is 12.8 Å². The quantitative estimate of drug-likeness (QED) is 0.894. The number of nitrogens with zero attached hydrogens (tertiary/aromatic N) is 1. The van der Waals surface area contributed by atoms with E-state index in [1.165, 1.54) is 0 Å². The van der Waals surface area contributed by atoms with E-state index in [1.54, 1.807) is 6.20 Å². The van der Waals surface area contributed by atoms with Gasteiger partial charge in [0.2, 0.25) is 0 Å². The third kappa shape index (κ3) is 2.33. The van der Waals surface area contributed by atoms with Gasteiger partial charge in [0.25, 0.3) is 0 Å². The summed E-state index contributed by atoms with van der Waals surface area (Å²) in [5.74, 6) is 1.14. The molecule has 0 aliphatic carbocycles. The average molecular weight is 266 g/mol. The van der Waals surface area contributed by atoms with Crippen LogP contribution in [0.5, 0.6) is 5.75 Å². The predicted octanol–water partition coefficient (Wildman–Crippen LogP) is 1.52. The van der Waals surface area contributed by atoms with E-state index in [-0.39, 0.29) is 17.6 Å². The van der Waals surface area contributed by atoms with Crippen LogP contribution in [-0.4, -0.2) is 36.0 Å². The minimum absolute atomic E-state index is 0.0216. The zero-order chi connectivity index (χ0) is 12.6. The van der Waals surface area contributed by atoms with Crippen molar-refractivity contribution in [1.82, 2.24) is 9.97 Å². The summed E-state index contributed by atoms with van der Waals surface area (Å²) in [6.45, 7) is 0. The number of rotatable bonds is 2. The summed E-state index contributed by atoms with van der Waals surface area (Å²) in [7, 11) is -2.83. The number of hydrogen-bond donors (Lipinski definition) is 1. The normalized spacial score (nSPS) is 20.0. The zero-order valence-corrected chi connectivity index (χ0v) is 10.6. The van der Waals surface area contributed by atoms with Gasteiger partial charge in [-0.25, -0.2) is 13.4 Å². The Morgan fingerprint density at radius 3 is 2.89 bits per heavy atom. The van der Waals surface area contributed by atoms with Crippen molar-refractivity contribution in [2.24, 2.45) is 0 Å². The Morgan fingerprint density at radius 2 is 2.11 bits per heavy atom. The molecule has 0 aromatic carbocycles. The van der Waals surface area contributed by atoms with Gasteiger partial charge in [-0.15, -0.1) is 0 Å². The second-order valence-electron chi connectivity index (χ2n) is 4.56. The monoisotopic (exact) mass is 266 g/mol. The Morgan fingerprint density at radius 1 is 1.33 bits per heavy atom. The largest absolute Gasteiger partial charge is 0.489 e. The molecule has 0 amide bonds. The van der Waals surface area contributed by atoms with Gasteiger partial charge >= 0.3 is 0 Å². The fourth-order valence-electron chi connectivity index (χ4n) is 2.16. The Bertz CT molecular complexity index is 649. The van der Waals surface area contributed by atoms with Gasteiger partial charge in [-0.05, 0) is 25.0 Å². The molecule has 1 aliphatic rings. The van der Waals surface area contributed by atoms with Gasteiger partial charge < -0.3 is 9.72 Å². The minimum Gasteiger partial charge on any atom is -0.489 e. The molecule has 0 atom stereocenters. The molecule has 18 heavy (non-hydrogen) atoms. The maximum atomic E-state index is 11.3. The lowest BCUT2D eigenvalue weighted by molar-refractivity contribution is 0.189. The summed E-state index contributed by atoms with van der Waals surface area (Å²) >= 11 is 0. The van der Waals surface area contributed by atoms with E-state index in [9.17, 15) is 8.42 Å². The van der Waals surface area contributed by atoms with Crippen molar-refractivity contribution in [2.45, 2.75) is 18.9 Å². The van der Waals surface area contributed by atoms with Gasteiger partial charge in [-0.1, -0.05) is 0 Å². The molecule has 1 fully saturated rings. The third-order valence-corrected chi connectivity index (χ3v) is 4.89. The van der Waals surface area contributed by atoms with E-state index in [4.69, 9.17) is 4.74 Å². The maximum absolute atomic E-state index is 11.3. The Kier molecular flexibility index (Phi) is 2.74. The molecule has 0 bridgehead atoms. The van der Waals surface area contributed by atoms with E-state index in [0.29, 0.717) is 18.6 Å². The minimum atomic E-state index is -2.83. The lowest BCUT2D eigenvalue weighted by Crippen LogP contribution is -2.30. The van der Waals surface area contributed by atoms with Crippen LogP contribution in [0.4, 0.5) is 0 Å². The molecule has 96 valence electrons. The number of aromatic amines is 1. The summed E-state index contributed by atoms with van der Waals surface area (Å²) in [5.41, 5.74) is 0.827. The highest BCUT2D eigenvalue weighted by atomic mass is 32.2. The van der Waals surface area contributed by atoms with Crippen LogP contribution in [-0.2, 0) is 9.84 Å². The van der Waals surface area contributed by atoms with Crippen molar-refractivity contribution in [2.75, 3.05) is 11.5 Å². The predicted molar refractivity (Wildman–Crippen MR) is 68.4 cm³/mol. The highest BCUT2D eigenvalue weighted by Gasteiger charge is 2.24. The summed E-state index contributed by atoms with van der Waals surface area (Å²) in [5, 5.41) is 0.996. The summed E-state index contributed by atoms with van der Waals surface area (Å²) < 4.78 is 28.4. The van der Waals surface area contributed by atoms with Crippen molar-refractivity contribution in [1.29, 1.82) is 0 Å². The standard InChI is InChI=1S/C12H14N2O3S/c15-18(16)5-2-10(3-6-18)17-11-7-9-1-4-13-12(9)14-8-11/h1,4,7-8,10H,2-3,5-6H2,(H,13,14). The molecular weight excluding hydrogens is 252 g/mol. The van der Waals surface area contributed by atoms with Gasteiger partial charge in [0, 0.05) is 11.6 Å². The van der Waals surface area contributed by atoms with Crippen molar-refractivity contribution >= 4 is 20.9 Å². The Hall–Kier alpha value is -1.56. The number of H-pyrrole nitrogens is 1. The third-order valence-electron chi connectivity index (χ3n) is 3.18. The number of pyridine rings is 1. The molecule has 0 radical (unpaired) electrons. The molecule has 2 aromatic heterocycles. The van der Waals surface area contributed by atoms with Crippen LogP contribution >= 0.6 is 0 Å². The molecule has 1 N–H and O–H groups in total. The summed E-state index contributed by atoms with van der Waals surface area (Å²) in [4.78, 5) is 7.25. The fraction of sp³-hybridized carbons (Fsp3) is 0.417. The molecule has 5 nitrogen and oxygen atoms in total. The number of ether oxygens (including phenoxy) is 1. The first kappa shape index (κ1) is 11.5. The first-order chi connectivity index (χ1) is 8.62. The van der Waals surface area contributed by atoms with Crippen molar-refractivity contribution in [3.63, 3.8) is 0 Å². The van der Waals surface area contributed by atoms with E-state index in [1.807, 2.05) is 18.3 Å². The number of nitrogens with one attached hydrogen (secondary N) is 1. The van der Waals surface area contributed by atoms with Crippen LogP contribution < -0.4 is 4.74 Å². The number of hydrogen-bond acceptors (Lipinski definition) is 4. The molecule has 6 heteroatoms. The smallest absolute Gasteiger partial charge is 0.150 e. The first-order valence-corrected chi connectivity index (χ1v) is 7.75. The summed E-state index contributed by atoms with van der Waals surface area (Å²) in [6.07, 6.45) is 4.60. The van der Waals surface area contributed by atoms with Crippen molar-refractivity contribution in [3.8, 4) is 5.75 Å². The van der Waals surface area contributed by atoms with Gasteiger partial charge in [-0.3, -0.25) is 0 Å². The van der Waals surface area contributed by atoms with Crippen LogP contribution in [0.3, 0.4) is 0 Å². The Balaban J connectivity index is 1.72. The van der Waals surface area contributed by atoms with Gasteiger partial charge in [0.1, 0.15) is 17.5 Å². The van der Waals surface area contributed by atoms with Crippen LogP contribution in [0.15, 0.2) is 24.5 Å². The van der Waals surface area contributed by atoms with E-state index in [0.717, 1.165) is 11.0 Å². The van der Waals surface area contributed by atoms with Gasteiger partial charge in [0.05, 0.1) is 17.7 Å².